The number of aliphatic carboxylic acids is 2. The first kappa shape index (κ1) is 27.3. The fourth-order valence-corrected chi connectivity index (χ4v) is 3.54. The lowest BCUT2D eigenvalue weighted by atomic mass is 9.87. The number of carbonyl (C=O) groups is 2. The van der Waals surface area contributed by atoms with Crippen LogP contribution in [0.25, 0.3) is 11.5 Å². The van der Waals surface area contributed by atoms with Gasteiger partial charge in [0.1, 0.15) is 11.5 Å². The van der Waals surface area contributed by atoms with Crippen LogP contribution in [0.4, 0.5) is 13.2 Å². The SMILES string of the molecule is Cc1ccc(-c2nc(CO[C@@H]3CCC[C@H](CNCC(=O)O)C3)c(C)o2)cc1.O=C(O)C(F)(F)F. The Bertz CT molecular complexity index is 943. The molecule has 1 aliphatic carbocycles. The van der Waals surface area contributed by atoms with Gasteiger partial charge in [0.15, 0.2) is 0 Å². The van der Waals surface area contributed by atoms with Crippen LogP contribution in [0.5, 0.6) is 0 Å². The Balaban J connectivity index is 0.000000509. The summed E-state index contributed by atoms with van der Waals surface area (Å²) in [7, 11) is 0. The number of carboxylic acid groups (broad SMARTS) is 2. The van der Waals surface area contributed by atoms with Crippen molar-refractivity contribution in [3.8, 4) is 11.5 Å². The van der Waals surface area contributed by atoms with Gasteiger partial charge >= 0.3 is 18.1 Å². The highest BCUT2D eigenvalue weighted by Gasteiger charge is 2.38. The number of nitrogens with zero attached hydrogens (tertiary/aromatic N) is 1. The molecule has 2 atom stereocenters. The second kappa shape index (κ2) is 12.5. The number of hydrogen-bond donors (Lipinski definition) is 3. The quantitative estimate of drug-likeness (QED) is 0.504. The van der Waals surface area contributed by atoms with E-state index in [1.807, 2.05) is 31.2 Å². The standard InChI is InChI=1S/C21H28N2O4.C2HF3O2/c1-14-6-8-17(9-7-14)21-23-19(15(2)27-21)13-26-18-5-3-4-16(10-18)11-22-12-20(24)25;3-2(4,5)1(6)7/h6-9,16,18,22H,3-5,10-13H2,1-2H3,(H,24,25);(H,6,7)/t16-,18+;/m0./s1. The fraction of sp³-hybridized carbons (Fsp3) is 0.522. The van der Waals surface area contributed by atoms with Crippen LogP contribution in [0, 0.1) is 19.8 Å². The molecular formula is C23H29F3N2O6. The number of aryl methyl sites for hydroxylation is 2. The van der Waals surface area contributed by atoms with Crippen LogP contribution in [0.15, 0.2) is 28.7 Å². The number of aromatic nitrogens is 1. The number of nitrogens with one attached hydrogen (secondary N) is 1. The lowest BCUT2D eigenvalue weighted by Crippen LogP contribution is -2.33. The second-order valence-corrected chi connectivity index (χ2v) is 8.18. The van der Waals surface area contributed by atoms with Crippen molar-refractivity contribution in [1.29, 1.82) is 0 Å². The Morgan fingerprint density at radius 2 is 1.82 bits per heavy atom. The van der Waals surface area contributed by atoms with Crippen molar-refractivity contribution in [2.45, 2.75) is 58.4 Å². The molecule has 1 fully saturated rings. The lowest BCUT2D eigenvalue weighted by Gasteiger charge is -2.29. The van der Waals surface area contributed by atoms with Crippen LogP contribution in [-0.4, -0.2) is 52.5 Å². The Hall–Kier alpha value is -2.92. The summed E-state index contributed by atoms with van der Waals surface area (Å²) in [5.41, 5.74) is 3.02. The minimum absolute atomic E-state index is 0.0158. The van der Waals surface area contributed by atoms with Crippen LogP contribution in [0.3, 0.4) is 0 Å². The van der Waals surface area contributed by atoms with Gasteiger partial charge in [-0.2, -0.15) is 13.2 Å². The summed E-state index contributed by atoms with van der Waals surface area (Å²) >= 11 is 0. The van der Waals surface area contributed by atoms with Crippen LogP contribution >= 0.6 is 0 Å². The molecule has 0 spiro atoms. The molecule has 0 bridgehead atoms. The summed E-state index contributed by atoms with van der Waals surface area (Å²) in [5, 5.41) is 18.9. The average Bonchev–Trinajstić information content (AvgIpc) is 3.13. The van der Waals surface area contributed by atoms with Gasteiger partial charge in [0.25, 0.3) is 0 Å². The molecule has 34 heavy (non-hydrogen) atoms. The number of benzene rings is 1. The van der Waals surface area contributed by atoms with E-state index in [1.165, 1.54) is 5.56 Å². The summed E-state index contributed by atoms with van der Waals surface area (Å²) in [5.74, 6) is -1.69. The van der Waals surface area contributed by atoms with Crippen molar-refractivity contribution in [1.82, 2.24) is 10.3 Å². The Morgan fingerprint density at radius 3 is 2.41 bits per heavy atom. The molecule has 2 aromatic rings. The summed E-state index contributed by atoms with van der Waals surface area (Å²) in [6.07, 6.45) is -0.677. The molecule has 0 saturated heterocycles. The van der Waals surface area contributed by atoms with E-state index >= 15 is 0 Å². The van der Waals surface area contributed by atoms with E-state index in [-0.39, 0.29) is 12.6 Å². The first-order valence-corrected chi connectivity index (χ1v) is 10.8. The van der Waals surface area contributed by atoms with Gasteiger partial charge in [-0.1, -0.05) is 24.1 Å². The van der Waals surface area contributed by atoms with Crippen molar-refractivity contribution in [2.75, 3.05) is 13.1 Å². The van der Waals surface area contributed by atoms with E-state index in [9.17, 15) is 18.0 Å². The second-order valence-electron chi connectivity index (χ2n) is 8.18. The first-order chi connectivity index (χ1) is 16.0. The van der Waals surface area contributed by atoms with E-state index < -0.39 is 18.1 Å². The zero-order chi connectivity index (χ0) is 25.3. The van der Waals surface area contributed by atoms with Gasteiger partial charge in [0, 0.05) is 5.56 Å². The van der Waals surface area contributed by atoms with Gasteiger partial charge in [-0.05, 0) is 57.7 Å². The molecule has 8 nitrogen and oxygen atoms in total. The highest BCUT2D eigenvalue weighted by molar-refractivity contribution is 5.73. The molecule has 0 radical (unpaired) electrons. The maximum Gasteiger partial charge on any atom is 0.490 e. The third kappa shape index (κ3) is 9.14. The summed E-state index contributed by atoms with van der Waals surface area (Å²) in [4.78, 5) is 24.1. The number of carboxylic acids is 2. The van der Waals surface area contributed by atoms with Crippen LogP contribution in [0.1, 0.15) is 42.7 Å². The van der Waals surface area contributed by atoms with Gasteiger partial charge in [0.05, 0.1) is 19.3 Å². The maximum absolute atomic E-state index is 10.6. The molecule has 3 rings (SSSR count). The van der Waals surface area contributed by atoms with E-state index in [0.29, 0.717) is 18.4 Å². The summed E-state index contributed by atoms with van der Waals surface area (Å²) in [6, 6.07) is 8.12. The van der Waals surface area contributed by atoms with Crippen molar-refractivity contribution >= 4 is 11.9 Å². The fourth-order valence-electron chi connectivity index (χ4n) is 3.54. The Kier molecular flexibility index (Phi) is 10.1. The van der Waals surface area contributed by atoms with Crippen LogP contribution in [-0.2, 0) is 20.9 Å². The normalized spacial score (nSPS) is 18.1. The topological polar surface area (TPSA) is 122 Å². The monoisotopic (exact) mass is 486 g/mol. The minimum atomic E-state index is -5.08. The molecule has 1 aromatic heterocycles. The number of hydrogen-bond acceptors (Lipinski definition) is 6. The molecule has 0 amide bonds. The van der Waals surface area contributed by atoms with E-state index in [2.05, 4.69) is 17.2 Å². The molecule has 188 valence electrons. The summed E-state index contributed by atoms with van der Waals surface area (Å²) < 4.78 is 43.7. The summed E-state index contributed by atoms with van der Waals surface area (Å²) in [6.45, 7) is 5.16. The third-order valence-electron chi connectivity index (χ3n) is 5.33. The molecule has 3 N–H and O–H groups in total. The van der Waals surface area contributed by atoms with Crippen molar-refractivity contribution in [3.05, 3.63) is 41.3 Å². The highest BCUT2D eigenvalue weighted by atomic mass is 19.4. The van der Waals surface area contributed by atoms with Crippen molar-refractivity contribution in [2.24, 2.45) is 5.92 Å². The average molecular weight is 486 g/mol. The first-order valence-electron chi connectivity index (χ1n) is 10.8. The van der Waals surface area contributed by atoms with Crippen molar-refractivity contribution < 1.29 is 42.1 Å². The number of halogens is 3. The van der Waals surface area contributed by atoms with Gasteiger partial charge in [0.2, 0.25) is 5.89 Å². The van der Waals surface area contributed by atoms with Gasteiger partial charge in [-0.25, -0.2) is 9.78 Å². The molecule has 0 aliphatic heterocycles. The Morgan fingerprint density at radius 1 is 1.18 bits per heavy atom. The smallest absolute Gasteiger partial charge is 0.480 e. The number of alkyl halides is 3. The number of oxazole rings is 1. The van der Waals surface area contributed by atoms with Crippen LogP contribution < -0.4 is 5.32 Å². The molecule has 1 aliphatic rings. The minimum Gasteiger partial charge on any atom is -0.480 e. The molecule has 1 heterocycles. The molecule has 11 heteroatoms. The van der Waals surface area contributed by atoms with Gasteiger partial charge < -0.3 is 24.7 Å². The maximum atomic E-state index is 10.6. The highest BCUT2D eigenvalue weighted by Crippen LogP contribution is 2.28. The molecular weight excluding hydrogens is 457 g/mol. The number of ether oxygens (including phenoxy) is 1. The predicted octanol–water partition coefficient (Wildman–Crippen LogP) is 4.34. The molecule has 1 aromatic carbocycles. The van der Waals surface area contributed by atoms with Crippen LogP contribution in [0.2, 0.25) is 0 Å². The van der Waals surface area contributed by atoms with Gasteiger partial charge in [-0.15, -0.1) is 0 Å². The van der Waals surface area contributed by atoms with E-state index in [1.54, 1.807) is 0 Å². The molecule has 1 saturated carbocycles. The predicted molar refractivity (Wildman–Crippen MR) is 116 cm³/mol. The number of rotatable bonds is 8. The van der Waals surface area contributed by atoms with Crippen molar-refractivity contribution in [3.63, 3.8) is 0 Å². The largest absolute Gasteiger partial charge is 0.490 e. The zero-order valence-corrected chi connectivity index (χ0v) is 19.0. The Labute approximate surface area is 195 Å². The van der Waals surface area contributed by atoms with E-state index in [0.717, 1.165) is 49.2 Å². The lowest BCUT2D eigenvalue weighted by molar-refractivity contribution is -0.192. The van der Waals surface area contributed by atoms with Gasteiger partial charge in [-0.3, -0.25) is 4.79 Å². The molecule has 0 unspecified atom stereocenters. The zero-order valence-electron chi connectivity index (χ0n) is 19.0. The third-order valence-corrected chi connectivity index (χ3v) is 5.33. The van der Waals surface area contributed by atoms with E-state index in [4.69, 9.17) is 24.2 Å².